The van der Waals surface area contributed by atoms with Gasteiger partial charge in [-0.15, -0.1) is 0 Å². The lowest BCUT2D eigenvalue weighted by molar-refractivity contribution is 0.908. The van der Waals surface area contributed by atoms with Crippen LogP contribution in [-0.4, -0.2) is 0 Å². The Bertz CT molecular complexity index is 353. The van der Waals surface area contributed by atoms with Crippen LogP contribution in [0.5, 0.6) is 0 Å². The largest absolute Gasteiger partial charge is 0.398 e. The van der Waals surface area contributed by atoms with Gasteiger partial charge in [-0.1, -0.05) is 19.4 Å². The van der Waals surface area contributed by atoms with Crippen LogP contribution in [0.4, 0.5) is 5.69 Å². The second kappa shape index (κ2) is 3.64. The number of rotatable bonds is 2. The molecule has 0 amide bonds. The summed E-state index contributed by atoms with van der Waals surface area (Å²) in [6, 6.07) is 2.29. The Morgan fingerprint density at radius 3 is 2.71 bits per heavy atom. The minimum Gasteiger partial charge on any atom is -0.398 e. The predicted molar refractivity (Wildman–Crippen MR) is 61.6 cm³/mol. The molecule has 1 heteroatoms. The van der Waals surface area contributed by atoms with Crippen LogP contribution in [0.15, 0.2) is 6.07 Å². The molecule has 0 saturated heterocycles. The van der Waals surface area contributed by atoms with Crippen molar-refractivity contribution in [2.75, 3.05) is 5.73 Å². The van der Waals surface area contributed by atoms with E-state index in [-0.39, 0.29) is 0 Å². The van der Waals surface area contributed by atoms with Crippen LogP contribution in [0.2, 0.25) is 0 Å². The van der Waals surface area contributed by atoms with E-state index in [1.54, 1.807) is 0 Å². The van der Waals surface area contributed by atoms with Crippen LogP contribution < -0.4 is 5.73 Å². The number of nitrogens with two attached hydrogens (primary N) is 1. The summed E-state index contributed by atoms with van der Waals surface area (Å²) >= 11 is 0. The summed E-state index contributed by atoms with van der Waals surface area (Å²) in [7, 11) is 0. The molecule has 76 valence electrons. The van der Waals surface area contributed by atoms with E-state index in [1.807, 2.05) is 0 Å². The first-order chi connectivity index (χ1) is 6.74. The molecule has 2 N–H and O–H groups in total. The van der Waals surface area contributed by atoms with E-state index in [0.29, 0.717) is 0 Å². The average molecular weight is 189 g/mol. The molecule has 0 saturated carbocycles. The smallest absolute Gasteiger partial charge is 0.0382 e. The van der Waals surface area contributed by atoms with Crippen molar-refractivity contribution < 1.29 is 0 Å². The molecule has 0 aromatic heterocycles. The summed E-state index contributed by atoms with van der Waals surface area (Å²) in [6.07, 6.45) is 6.02. The maximum atomic E-state index is 6.19. The van der Waals surface area contributed by atoms with E-state index in [0.717, 1.165) is 12.1 Å². The summed E-state index contributed by atoms with van der Waals surface area (Å²) in [5.41, 5.74) is 13.1. The Morgan fingerprint density at radius 2 is 2.00 bits per heavy atom. The third kappa shape index (κ3) is 1.41. The second-order valence-corrected chi connectivity index (χ2v) is 4.33. The highest BCUT2D eigenvalue weighted by molar-refractivity contribution is 5.61. The molecule has 1 nitrogen and oxygen atoms in total. The molecule has 0 aliphatic heterocycles. The quantitative estimate of drug-likeness (QED) is 0.711. The van der Waals surface area contributed by atoms with Gasteiger partial charge in [0.1, 0.15) is 0 Å². The molecule has 14 heavy (non-hydrogen) atoms. The molecule has 1 aromatic carbocycles. The molecule has 1 aromatic rings. The number of hydrogen-bond donors (Lipinski definition) is 1. The minimum absolute atomic E-state index is 1.09. The number of hydrogen-bond acceptors (Lipinski definition) is 1. The maximum Gasteiger partial charge on any atom is 0.0382 e. The first-order valence-electron chi connectivity index (χ1n) is 5.63. The normalized spacial score (nSPS) is 14.4. The Kier molecular flexibility index (Phi) is 2.49. The molecule has 0 radical (unpaired) electrons. The lowest BCUT2D eigenvalue weighted by atomic mass is 9.96. The number of fused-ring (bicyclic) bond motifs is 1. The summed E-state index contributed by atoms with van der Waals surface area (Å²) in [5.74, 6) is 0. The molecule has 2 rings (SSSR count). The fourth-order valence-corrected chi connectivity index (χ4v) is 2.57. The van der Waals surface area contributed by atoms with Crippen molar-refractivity contribution in [2.45, 2.75) is 46.0 Å². The van der Waals surface area contributed by atoms with E-state index >= 15 is 0 Å². The Morgan fingerprint density at radius 1 is 1.29 bits per heavy atom. The zero-order valence-electron chi connectivity index (χ0n) is 9.19. The number of aryl methyl sites for hydroxylation is 2. The minimum atomic E-state index is 1.09. The lowest BCUT2D eigenvalue weighted by Crippen LogP contribution is -2.01. The van der Waals surface area contributed by atoms with Gasteiger partial charge in [0, 0.05) is 5.69 Å². The zero-order valence-corrected chi connectivity index (χ0v) is 9.19. The summed E-state index contributed by atoms with van der Waals surface area (Å²) in [5, 5.41) is 0. The van der Waals surface area contributed by atoms with E-state index in [1.165, 1.54) is 47.9 Å². The van der Waals surface area contributed by atoms with Crippen molar-refractivity contribution in [3.05, 3.63) is 28.3 Å². The molecular weight excluding hydrogens is 170 g/mol. The van der Waals surface area contributed by atoms with Crippen molar-refractivity contribution in [3.8, 4) is 0 Å². The third-order valence-corrected chi connectivity index (χ3v) is 3.27. The summed E-state index contributed by atoms with van der Waals surface area (Å²) in [4.78, 5) is 0. The Hall–Kier alpha value is -0.980. The van der Waals surface area contributed by atoms with Crippen LogP contribution in [0.3, 0.4) is 0 Å². The molecule has 0 bridgehead atoms. The van der Waals surface area contributed by atoms with Crippen molar-refractivity contribution in [3.63, 3.8) is 0 Å². The standard InChI is InChI=1S/C13H19N/c1-3-5-10-8-9(2)11-6-4-7-12(11)13(10)14/h8H,3-7,14H2,1-2H3. The van der Waals surface area contributed by atoms with E-state index < -0.39 is 0 Å². The van der Waals surface area contributed by atoms with E-state index in [2.05, 4.69) is 19.9 Å². The molecule has 0 atom stereocenters. The topological polar surface area (TPSA) is 26.0 Å². The zero-order chi connectivity index (χ0) is 10.1. The van der Waals surface area contributed by atoms with Gasteiger partial charge in [0.25, 0.3) is 0 Å². The van der Waals surface area contributed by atoms with Gasteiger partial charge in [-0.3, -0.25) is 0 Å². The van der Waals surface area contributed by atoms with Gasteiger partial charge < -0.3 is 5.73 Å². The molecule has 1 aliphatic rings. The van der Waals surface area contributed by atoms with Gasteiger partial charge in [0.15, 0.2) is 0 Å². The van der Waals surface area contributed by atoms with Gasteiger partial charge >= 0.3 is 0 Å². The third-order valence-electron chi connectivity index (χ3n) is 3.27. The van der Waals surface area contributed by atoms with Gasteiger partial charge in [-0.25, -0.2) is 0 Å². The average Bonchev–Trinajstić information content (AvgIpc) is 2.63. The monoisotopic (exact) mass is 189 g/mol. The maximum absolute atomic E-state index is 6.19. The lowest BCUT2D eigenvalue weighted by Gasteiger charge is -2.12. The first kappa shape index (κ1) is 9.57. The van der Waals surface area contributed by atoms with Crippen LogP contribution in [0.25, 0.3) is 0 Å². The number of nitrogen functional groups attached to an aromatic ring is 1. The molecule has 0 unspecified atom stereocenters. The first-order valence-corrected chi connectivity index (χ1v) is 5.63. The highest BCUT2D eigenvalue weighted by atomic mass is 14.6. The Labute approximate surface area is 86.3 Å². The summed E-state index contributed by atoms with van der Waals surface area (Å²) in [6.45, 7) is 4.44. The van der Waals surface area contributed by atoms with Gasteiger partial charge in [0.05, 0.1) is 0 Å². The van der Waals surface area contributed by atoms with Crippen LogP contribution >= 0.6 is 0 Å². The number of benzene rings is 1. The van der Waals surface area contributed by atoms with Crippen LogP contribution in [-0.2, 0) is 19.3 Å². The van der Waals surface area contributed by atoms with E-state index in [9.17, 15) is 0 Å². The van der Waals surface area contributed by atoms with Gasteiger partial charge in [-0.2, -0.15) is 0 Å². The molecule has 0 fully saturated rings. The SMILES string of the molecule is CCCc1cc(C)c2c(c1N)CCC2. The van der Waals surface area contributed by atoms with Gasteiger partial charge in [0.2, 0.25) is 0 Å². The predicted octanol–water partition coefficient (Wildman–Crippen LogP) is 3.02. The molecule has 0 spiro atoms. The van der Waals surface area contributed by atoms with E-state index in [4.69, 9.17) is 5.73 Å². The van der Waals surface area contributed by atoms with Crippen molar-refractivity contribution >= 4 is 5.69 Å². The summed E-state index contributed by atoms with van der Waals surface area (Å²) < 4.78 is 0. The van der Waals surface area contributed by atoms with Crippen molar-refractivity contribution in [2.24, 2.45) is 0 Å². The fraction of sp³-hybridized carbons (Fsp3) is 0.538. The Balaban J connectivity index is 2.50. The van der Waals surface area contributed by atoms with Crippen molar-refractivity contribution in [1.82, 2.24) is 0 Å². The van der Waals surface area contributed by atoms with Crippen LogP contribution in [0, 0.1) is 6.92 Å². The van der Waals surface area contributed by atoms with Crippen molar-refractivity contribution in [1.29, 1.82) is 0 Å². The van der Waals surface area contributed by atoms with Crippen LogP contribution in [0.1, 0.15) is 42.0 Å². The second-order valence-electron chi connectivity index (χ2n) is 4.33. The van der Waals surface area contributed by atoms with Gasteiger partial charge in [-0.05, 0) is 54.9 Å². The number of anilines is 1. The highest BCUT2D eigenvalue weighted by Crippen LogP contribution is 2.33. The fourth-order valence-electron chi connectivity index (χ4n) is 2.57. The molecule has 1 aliphatic carbocycles. The molecule has 0 heterocycles. The highest BCUT2D eigenvalue weighted by Gasteiger charge is 2.17. The molecular formula is C13H19N.